The summed E-state index contributed by atoms with van der Waals surface area (Å²) in [6.07, 6.45) is -0.582. The first-order valence-corrected chi connectivity index (χ1v) is 7.29. The number of methoxy groups -OCH3 is 1. The highest BCUT2D eigenvalue weighted by Crippen LogP contribution is 2.21. The number of ether oxygens (including phenoxy) is 1. The van der Waals surface area contributed by atoms with Crippen LogP contribution in [0.4, 0.5) is 0 Å². The molecule has 0 spiro atoms. The summed E-state index contributed by atoms with van der Waals surface area (Å²) in [6.45, 7) is 2.50. The molecule has 3 nitrogen and oxygen atoms in total. The molecule has 2 rings (SSSR count). The van der Waals surface area contributed by atoms with Crippen LogP contribution in [0.5, 0.6) is 5.75 Å². The van der Waals surface area contributed by atoms with E-state index < -0.39 is 6.10 Å². The molecule has 21 heavy (non-hydrogen) atoms. The van der Waals surface area contributed by atoms with Crippen LogP contribution in [0.25, 0.3) is 0 Å². The zero-order valence-corrected chi connectivity index (χ0v) is 13.0. The van der Waals surface area contributed by atoms with Gasteiger partial charge >= 0.3 is 0 Å². The van der Waals surface area contributed by atoms with Crippen molar-refractivity contribution in [3.63, 3.8) is 0 Å². The van der Waals surface area contributed by atoms with Crippen LogP contribution in [0.2, 0.25) is 5.02 Å². The smallest absolute Gasteiger partial charge is 0.119 e. The lowest BCUT2D eigenvalue weighted by Gasteiger charge is -2.18. The third-order valence-corrected chi connectivity index (χ3v) is 3.68. The lowest BCUT2D eigenvalue weighted by atomic mass is 10.1. The van der Waals surface area contributed by atoms with Gasteiger partial charge in [-0.25, -0.2) is 0 Å². The molecule has 0 amide bonds. The summed E-state index contributed by atoms with van der Waals surface area (Å²) in [5.41, 5.74) is 1.93. The molecular weight excluding hydrogens is 286 g/mol. The van der Waals surface area contributed by atoms with Crippen LogP contribution < -0.4 is 10.1 Å². The Morgan fingerprint density at radius 3 is 2.57 bits per heavy atom. The highest BCUT2D eigenvalue weighted by Gasteiger charge is 2.11. The van der Waals surface area contributed by atoms with Gasteiger partial charge in [0.1, 0.15) is 5.75 Å². The van der Waals surface area contributed by atoms with Crippen molar-refractivity contribution in [2.75, 3.05) is 13.7 Å². The average Bonchev–Trinajstić information content (AvgIpc) is 2.52. The van der Waals surface area contributed by atoms with Crippen molar-refractivity contribution in [2.45, 2.75) is 19.1 Å². The maximum absolute atomic E-state index is 10.2. The van der Waals surface area contributed by atoms with Gasteiger partial charge in [0.2, 0.25) is 0 Å². The summed E-state index contributed by atoms with van der Waals surface area (Å²) in [5.74, 6) is 0.745. The van der Waals surface area contributed by atoms with Crippen LogP contribution in [0.3, 0.4) is 0 Å². The molecule has 0 aromatic heterocycles. The maximum Gasteiger partial charge on any atom is 0.119 e. The summed E-state index contributed by atoms with van der Waals surface area (Å²) in [7, 11) is 1.62. The normalized spacial score (nSPS) is 13.7. The van der Waals surface area contributed by atoms with E-state index in [9.17, 15) is 5.11 Å². The predicted molar refractivity (Wildman–Crippen MR) is 85.8 cm³/mol. The lowest BCUT2D eigenvalue weighted by molar-refractivity contribution is 0.170. The van der Waals surface area contributed by atoms with E-state index in [0.29, 0.717) is 6.54 Å². The number of aliphatic hydroxyl groups excluding tert-OH is 1. The molecule has 2 aromatic rings. The Bertz CT molecular complexity index is 589. The average molecular weight is 306 g/mol. The van der Waals surface area contributed by atoms with Crippen molar-refractivity contribution in [1.29, 1.82) is 0 Å². The second-order valence-corrected chi connectivity index (χ2v) is 5.41. The summed E-state index contributed by atoms with van der Waals surface area (Å²) in [4.78, 5) is 0. The Kier molecular flexibility index (Phi) is 5.62. The molecule has 0 saturated heterocycles. The number of benzene rings is 2. The van der Waals surface area contributed by atoms with Crippen molar-refractivity contribution in [3.05, 3.63) is 64.7 Å². The Morgan fingerprint density at radius 2 is 1.86 bits per heavy atom. The van der Waals surface area contributed by atoms with E-state index in [1.54, 1.807) is 7.11 Å². The van der Waals surface area contributed by atoms with Gasteiger partial charge in [-0.15, -0.1) is 0 Å². The van der Waals surface area contributed by atoms with Gasteiger partial charge < -0.3 is 15.2 Å². The molecule has 112 valence electrons. The van der Waals surface area contributed by atoms with Gasteiger partial charge in [0.05, 0.1) is 13.2 Å². The molecule has 0 saturated carbocycles. The quantitative estimate of drug-likeness (QED) is 0.854. The van der Waals surface area contributed by atoms with E-state index in [1.165, 1.54) is 0 Å². The van der Waals surface area contributed by atoms with E-state index >= 15 is 0 Å². The van der Waals surface area contributed by atoms with Gasteiger partial charge in [-0.05, 0) is 42.3 Å². The third-order valence-electron chi connectivity index (χ3n) is 3.44. The van der Waals surface area contributed by atoms with Gasteiger partial charge in [-0.1, -0.05) is 35.9 Å². The first-order chi connectivity index (χ1) is 10.1. The summed E-state index contributed by atoms with van der Waals surface area (Å²) in [5, 5.41) is 14.3. The van der Waals surface area contributed by atoms with Gasteiger partial charge in [-0.2, -0.15) is 0 Å². The van der Waals surface area contributed by atoms with E-state index in [2.05, 4.69) is 5.32 Å². The Morgan fingerprint density at radius 1 is 1.14 bits per heavy atom. The second-order valence-electron chi connectivity index (χ2n) is 4.98. The highest BCUT2D eigenvalue weighted by atomic mass is 35.5. The molecule has 2 atom stereocenters. The van der Waals surface area contributed by atoms with E-state index in [-0.39, 0.29) is 6.04 Å². The minimum absolute atomic E-state index is 0.115. The minimum atomic E-state index is -0.582. The van der Waals surface area contributed by atoms with Crippen LogP contribution in [0.1, 0.15) is 30.2 Å². The third kappa shape index (κ3) is 4.46. The monoisotopic (exact) mass is 305 g/mol. The fourth-order valence-corrected chi connectivity index (χ4v) is 2.35. The topological polar surface area (TPSA) is 41.5 Å². The number of halogens is 1. The van der Waals surface area contributed by atoms with Crippen LogP contribution in [0, 0.1) is 0 Å². The van der Waals surface area contributed by atoms with Gasteiger partial charge in [0.15, 0.2) is 0 Å². The number of hydrogen-bond acceptors (Lipinski definition) is 3. The molecule has 0 fully saturated rings. The van der Waals surface area contributed by atoms with E-state index in [0.717, 1.165) is 21.9 Å². The Hall–Kier alpha value is -1.55. The molecule has 2 N–H and O–H groups in total. The minimum Gasteiger partial charge on any atom is -0.497 e. The van der Waals surface area contributed by atoms with Crippen LogP contribution >= 0.6 is 11.6 Å². The Balaban J connectivity index is 1.95. The predicted octanol–water partition coefficient (Wildman–Crippen LogP) is 3.73. The first-order valence-electron chi connectivity index (χ1n) is 6.91. The molecule has 0 radical (unpaired) electrons. The molecule has 0 aliphatic carbocycles. The van der Waals surface area contributed by atoms with Gasteiger partial charge in [0.25, 0.3) is 0 Å². The van der Waals surface area contributed by atoms with Gasteiger partial charge in [-0.3, -0.25) is 0 Å². The van der Waals surface area contributed by atoms with Gasteiger partial charge in [0, 0.05) is 17.6 Å². The maximum atomic E-state index is 10.2. The van der Waals surface area contributed by atoms with E-state index in [1.807, 2.05) is 55.5 Å². The highest BCUT2D eigenvalue weighted by molar-refractivity contribution is 6.30. The second kappa shape index (κ2) is 7.46. The number of rotatable bonds is 6. The summed E-state index contributed by atoms with van der Waals surface area (Å²) >= 11 is 5.99. The number of nitrogens with one attached hydrogen (secondary N) is 1. The first kappa shape index (κ1) is 15.8. The van der Waals surface area contributed by atoms with Crippen molar-refractivity contribution in [1.82, 2.24) is 5.32 Å². The van der Waals surface area contributed by atoms with E-state index in [4.69, 9.17) is 16.3 Å². The molecule has 4 heteroatoms. The summed E-state index contributed by atoms with van der Waals surface area (Å²) < 4.78 is 5.17. The standard InChI is InChI=1S/C17H20ClNO2/c1-12(13-5-3-7-15(18)9-13)19-11-17(20)14-6-4-8-16(10-14)21-2/h3-10,12,17,19-20H,11H2,1-2H3/t12-,17?/m0/s1. The Labute approximate surface area is 130 Å². The molecule has 0 aliphatic heterocycles. The van der Waals surface area contributed by atoms with Crippen LogP contribution in [0.15, 0.2) is 48.5 Å². The van der Waals surface area contributed by atoms with Crippen LogP contribution in [-0.2, 0) is 0 Å². The van der Waals surface area contributed by atoms with Crippen molar-refractivity contribution in [3.8, 4) is 5.75 Å². The fraction of sp³-hybridized carbons (Fsp3) is 0.294. The molecule has 1 unspecified atom stereocenters. The lowest BCUT2D eigenvalue weighted by Crippen LogP contribution is -2.24. The zero-order valence-electron chi connectivity index (χ0n) is 12.2. The molecular formula is C17H20ClNO2. The van der Waals surface area contributed by atoms with Crippen molar-refractivity contribution in [2.24, 2.45) is 0 Å². The molecule has 2 aromatic carbocycles. The number of hydrogen-bond donors (Lipinski definition) is 2. The summed E-state index contributed by atoms with van der Waals surface area (Å²) in [6, 6.07) is 15.3. The molecule has 0 bridgehead atoms. The largest absolute Gasteiger partial charge is 0.497 e. The van der Waals surface area contributed by atoms with Crippen molar-refractivity contribution >= 4 is 11.6 Å². The zero-order chi connectivity index (χ0) is 15.2. The molecule has 0 aliphatic rings. The number of aliphatic hydroxyl groups is 1. The van der Waals surface area contributed by atoms with Crippen molar-refractivity contribution < 1.29 is 9.84 Å². The SMILES string of the molecule is COc1cccc(C(O)CN[C@@H](C)c2cccc(Cl)c2)c1. The fourth-order valence-electron chi connectivity index (χ4n) is 2.15. The van der Waals surface area contributed by atoms with Crippen LogP contribution in [-0.4, -0.2) is 18.8 Å². The molecule has 0 heterocycles.